The van der Waals surface area contributed by atoms with E-state index >= 15 is 0 Å². The van der Waals surface area contributed by atoms with Crippen LogP contribution in [-0.2, 0) is 9.53 Å². The Morgan fingerprint density at radius 3 is 2.21 bits per heavy atom. The van der Waals surface area contributed by atoms with Crippen LogP contribution in [0.3, 0.4) is 0 Å². The zero-order chi connectivity index (χ0) is 14.6. The molecule has 0 aromatic heterocycles. The second-order valence-electron chi connectivity index (χ2n) is 3.88. The standard InChI is InChI=1S/C12H11Cl5O2/c1-19-10(18)6-9(11(14)12(15,16)17)7-2-4-8(13)5-3-7/h2-5,9,11H,6H2,1H3. The van der Waals surface area contributed by atoms with Gasteiger partial charge in [0.15, 0.2) is 0 Å². The lowest BCUT2D eigenvalue weighted by molar-refractivity contribution is -0.141. The first-order valence-electron chi connectivity index (χ1n) is 5.28. The zero-order valence-electron chi connectivity index (χ0n) is 9.88. The molecule has 0 radical (unpaired) electrons. The van der Waals surface area contributed by atoms with Gasteiger partial charge in [-0.05, 0) is 17.7 Å². The van der Waals surface area contributed by atoms with Crippen molar-refractivity contribution in [2.45, 2.75) is 21.5 Å². The molecule has 0 heterocycles. The number of halogens is 5. The van der Waals surface area contributed by atoms with Crippen LogP contribution < -0.4 is 0 Å². The van der Waals surface area contributed by atoms with Crippen molar-refractivity contribution in [2.24, 2.45) is 0 Å². The van der Waals surface area contributed by atoms with Crippen molar-refractivity contribution in [1.82, 2.24) is 0 Å². The molecule has 0 N–H and O–H groups in total. The summed E-state index contributed by atoms with van der Waals surface area (Å²) < 4.78 is 2.94. The Bertz CT molecular complexity index is 427. The van der Waals surface area contributed by atoms with Crippen molar-refractivity contribution < 1.29 is 9.53 Å². The molecule has 0 aliphatic heterocycles. The van der Waals surface area contributed by atoms with Crippen LogP contribution >= 0.6 is 58.0 Å². The molecule has 2 nitrogen and oxygen atoms in total. The maximum absolute atomic E-state index is 11.5. The largest absolute Gasteiger partial charge is 0.469 e. The molecule has 19 heavy (non-hydrogen) atoms. The highest BCUT2D eigenvalue weighted by Crippen LogP contribution is 2.43. The summed E-state index contributed by atoms with van der Waals surface area (Å²) in [5, 5.41) is -0.307. The molecule has 2 unspecified atom stereocenters. The molecule has 0 aliphatic carbocycles. The van der Waals surface area contributed by atoms with Crippen LogP contribution in [0.4, 0.5) is 0 Å². The second-order valence-corrected chi connectivity index (χ2v) is 7.16. The summed E-state index contributed by atoms with van der Waals surface area (Å²) in [7, 11) is 1.29. The fraction of sp³-hybridized carbons (Fsp3) is 0.417. The van der Waals surface area contributed by atoms with Gasteiger partial charge in [-0.15, -0.1) is 11.6 Å². The van der Waals surface area contributed by atoms with Crippen molar-refractivity contribution in [2.75, 3.05) is 7.11 Å². The van der Waals surface area contributed by atoms with Gasteiger partial charge in [-0.1, -0.05) is 58.5 Å². The first-order chi connectivity index (χ1) is 8.75. The minimum Gasteiger partial charge on any atom is -0.469 e. The van der Waals surface area contributed by atoms with Gasteiger partial charge in [0.2, 0.25) is 3.79 Å². The molecule has 0 aliphatic rings. The Hall–Kier alpha value is 0.140. The SMILES string of the molecule is COC(=O)CC(c1ccc(Cl)cc1)C(Cl)C(Cl)(Cl)Cl. The van der Waals surface area contributed by atoms with E-state index in [0.717, 1.165) is 5.56 Å². The van der Waals surface area contributed by atoms with Crippen LogP contribution in [0.2, 0.25) is 5.02 Å². The van der Waals surface area contributed by atoms with E-state index in [-0.39, 0.29) is 6.42 Å². The van der Waals surface area contributed by atoms with Crippen LogP contribution in [0.25, 0.3) is 0 Å². The van der Waals surface area contributed by atoms with Crippen LogP contribution in [0.1, 0.15) is 17.9 Å². The smallest absolute Gasteiger partial charge is 0.306 e. The molecule has 0 amide bonds. The molecule has 0 saturated heterocycles. The van der Waals surface area contributed by atoms with Crippen molar-refractivity contribution in [3.8, 4) is 0 Å². The van der Waals surface area contributed by atoms with E-state index in [1.165, 1.54) is 7.11 Å². The van der Waals surface area contributed by atoms with E-state index in [4.69, 9.17) is 58.0 Å². The predicted molar refractivity (Wildman–Crippen MR) is 80.8 cm³/mol. The molecule has 1 rings (SSSR count). The average Bonchev–Trinajstić information content (AvgIpc) is 2.35. The monoisotopic (exact) mass is 362 g/mol. The number of carbonyl (C=O) groups excluding carboxylic acids is 1. The predicted octanol–water partition coefficient (Wildman–Crippen LogP) is 4.96. The third-order valence-electron chi connectivity index (χ3n) is 2.58. The molecule has 1 aromatic rings. The Labute approximate surface area is 136 Å². The van der Waals surface area contributed by atoms with E-state index in [0.29, 0.717) is 5.02 Å². The zero-order valence-corrected chi connectivity index (χ0v) is 13.7. The number of hydrogen-bond donors (Lipinski definition) is 0. The second kappa shape index (κ2) is 7.24. The number of carbonyl (C=O) groups is 1. The van der Waals surface area contributed by atoms with E-state index in [2.05, 4.69) is 4.74 Å². The highest BCUT2D eigenvalue weighted by Gasteiger charge is 2.39. The number of rotatable bonds is 4. The summed E-state index contributed by atoms with van der Waals surface area (Å²) in [6.45, 7) is 0. The highest BCUT2D eigenvalue weighted by atomic mass is 35.6. The summed E-state index contributed by atoms with van der Waals surface area (Å²) >= 11 is 29.4. The van der Waals surface area contributed by atoms with E-state index in [1.807, 2.05) is 0 Å². The van der Waals surface area contributed by atoms with E-state index in [9.17, 15) is 4.79 Å². The number of hydrogen-bond acceptors (Lipinski definition) is 2. The van der Waals surface area contributed by atoms with Crippen LogP contribution in [0.5, 0.6) is 0 Å². The minimum absolute atomic E-state index is 0.0141. The summed E-state index contributed by atoms with van der Waals surface area (Å²) in [5.41, 5.74) is 0.751. The number of ether oxygens (including phenoxy) is 1. The van der Waals surface area contributed by atoms with Gasteiger partial charge in [0.25, 0.3) is 0 Å². The van der Waals surface area contributed by atoms with Gasteiger partial charge in [0.05, 0.1) is 18.9 Å². The number of benzene rings is 1. The summed E-state index contributed by atoms with van der Waals surface area (Å²) in [5.74, 6) is -0.918. The van der Waals surface area contributed by atoms with Gasteiger partial charge in [-0.2, -0.15) is 0 Å². The lowest BCUT2D eigenvalue weighted by atomic mass is 9.92. The fourth-order valence-corrected chi connectivity index (χ4v) is 2.41. The number of alkyl halides is 4. The Balaban J connectivity index is 3.04. The molecule has 0 saturated carbocycles. The third kappa shape index (κ3) is 5.20. The Kier molecular flexibility index (Phi) is 6.55. The van der Waals surface area contributed by atoms with Crippen molar-refractivity contribution in [1.29, 1.82) is 0 Å². The summed E-state index contributed by atoms with van der Waals surface area (Å²) in [6, 6.07) is 6.84. The first-order valence-corrected chi connectivity index (χ1v) is 7.23. The Morgan fingerprint density at radius 1 is 1.26 bits per heavy atom. The quantitative estimate of drug-likeness (QED) is 0.557. The maximum atomic E-state index is 11.5. The summed E-state index contributed by atoms with van der Waals surface area (Å²) in [6.07, 6.45) is 0.0141. The van der Waals surface area contributed by atoms with Crippen LogP contribution in [-0.4, -0.2) is 22.2 Å². The molecule has 0 fully saturated rings. The molecule has 1 aromatic carbocycles. The molecule has 106 valence electrons. The minimum atomic E-state index is -1.69. The summed E-state index contributed by atoms with van der Waals surface area (Å²) in [4.78, 5) is 11.5. The van der Waals surface area contributed by atoms with Gasteiger partial charge in [0, 0.05) is 10.9 Å². The van der Waals surface area contributed by atoms with Crippen LogP contribution in [0.15, 0.2) is 24.3 Å². The molecule has 2 atom stereocenters. The van der Waals surface area contributed by atoms with E-state index < -0.39 is 21.1 Å². The van der Waals surface area contributed by atoms with Crippen LogP contribution in [0, 0.1) is 0 Å². The molecular formula is C12H11Cl5O2. The molecule has 7 heteroatoms. The highest BCUT2D eigenvalue weighted by molar-refractivity contribution is 6.70. The Morgan fingerprint density at radius 2 is 1.79 bits per heavy atom. The topological polar surface area (TPSA) is 26.3 Å². The van der Waals surface area contributed by atoms with Gasteiger partial charge >= 0.3 is 5.97 Å². The van der Waals surface area contributed by atoms with Crippen molar-refractivity contribution in [3.63, 3.8) is 0 Å². The number of methoxy groups -OCH3 is 1. The third-order valence-corrected chi connectivity index (χ3v) is 4.50. The lowest BCUT2D eigenvalue weighted by Gasteiger charge is -2.27. The maximum Gasteiger partial charge on any atom is 0.306 e. The van der Waals surface area contributed by atoms with E-state index in [1.54, 1.807) is 24.3 Å². The van der Waals surface area contributed by atoms with Crippen molar-refractivity contribution >= 4 is 64.0 Å². The molecular weight excluding hydrogens is 353 g/mol. The molecule has 0 spiro atoms. The van der Waals surface area contributed by atoms with Gasteiger partial charge < -0.3 is 4.74 Å². The fourth-order valence-electron chi connectivity index (χ4n) is 1.59. The average molecular weight is 364 g/mol. The first kappa shape index (κ1) is 17.2. The van der Waals surface area contributed by atoms with Gasteiger partial charge in [-0.25, -0.2) is 0 Å². The molecule has 0 bridgehead atoms. The normalized spacial score (nSPS) is 14.8. The number of esters is 1. The van der Waals surface area contributed by atoms with Gasteiger partial charge in [-0.3, -0.25) is 4.79 Å². The van der Waals surface area contributed by atoms with Crippen molar-refractivity contribution in [3.05, 3.63) is 34.9 Å². The lowest BCUT2D eigenvalue weighted by Crippen LogP contribution is -2.29. The van der Waals surface area contributed by atoms with Gasteiger partial charge in [0.1, 0.15) is 0 Å².